The molecule has 0 aromatic heterocycles. The highest BCUT2D eigenvalue weighted by molar-refractivity contribution is 9.10. The highest BCUT2D eigenvalue weighted by Crippen LogP contribution is 2.25. The molecule has 0 saturated carbocycles. The van der Waals surface area contributed by atoms with Crippen molar-refractivity contribution >= 4 is 45.2 Å². The Morgan fingerprint density at radius 3 is 2.62 bits per heavy atom. The molecule has 0 heterocycles. The minimum absolute atomic E-state index is 0.245. The molecule has 1 amide bonds. The van der Waals surface area contributed by atoms with Crippen LogP contribution in [0.4, 0.5) is 5.69 Å². The summed E-state index contributed by atoms with van der Waals surface area (Å²) in [6, 6.07) is 12.7. The van der Waals surface area contributed by atoms with Gasteiger partial charge >= 0.3 is 0 Å². The minimum atomic E-state index is -0.245. The highest BCUT2D eigenvalue weighted by atomic mass is 79.9. The van der Waals surface area contributed by atoms with Crippen LogP contribution in [0.3, 0.4) is 0 Å². The number of ether oxygens (including phenoxy) is 1. The molecular formula is C16H13BrClNO2. The average molecular weight is 367 g/mol. The fourth-order valence-electron chi connectivity index (χ4n) is 1.65. The summed E-state index contributed by atoms with van der Waals surface area (Å²) < 4.78 is 5.92. The molecule has 2 rings (SSSR count). The van der Waals surface area contributed by atoms with Crippen molar-refractivity contribution in [1.82, 2.24) is 0 Å². The van der Waals surface area contributed by atoms with E-state index in [1.165, 1.54) is 6.08 Å². The van der Waals surface area contributed by atoms with E-state index in [9.17, 15) is 4.79 Å². The Morgan fingerprint density at radius 1 is 1.24 bits per heavy atom. The number of benzene rings is 2. The summed E-state index contributed by atoms with van der Waals surface area (Å²) in [7, 11) is 1.61. The van der Waals surface area contributed by atoms with Crippen molar-refractivity contribution < 1.29 is 9.53 Å². The first kappa shape index (κ1) is 15.6. The van der Waals surface area contributed by atoms with Crippen LogP contribution in [0, 0.1) is 0 Å². The standard InChI is InChI=1S/C16H13BrClNO2/c1-21-13-6-2-11(3-7-13)4-9-16(20)19-15-10-12(17)5-8-14(15)18/h2-10H,1H3,(H,19,20). The van der Waals surface area contributed by atoms with E-state index in [-0.39, 0.29) is 5.91 Å². The van der Waals surface area contributed by atoms with E-state index in [4.69, 9.17) is 16.3 Å². The van der Waals surface area contributed by atoms with Crippen molar-refractivity contribution in [1.29, 1.82) is 0 Å². The van der Waals surface area contributed by atoms with Gasteiger partial charge < -0.3 is 10.1 Å². The van der Waals surface area contributed by atoms with Gasteiger partial charge in [0, 0.05) is 10.5 Å². The number of hydrogen-bond acceptors (Lipinski definition) is 2. The van der Waals surface area contributed by atoms with E-state index in [1.807, 2.05) is 30.3 Å². The summed E-state index contributed by atoms with van der Waals surface area (Å²) in [6.45, 7) is 0. The Bertz CT molecular complexity index is 668. The molecule has 0 atom stereocenters. The van der Waals surface area contributed by atoms with Crippen LogP contribution in [0.2, 0.25) is 5.02 Å². The molecule has 2 aromatic carbocycles. The third-order valence-corrected chi connectivity index (χ3v) is 3.55. The number of hydrogen-bond donors (Lipinski definition) is 1. The maximum atomic E-state index is 11.9. The smallest absolute Gasteiger partial charge is 0.248 e. The molecule has 0 fully saturated rings. The van der Waals surface area contributed by atoms with Crippen LogP contribution in [0.1, 0.15) is 5.56 Å². The quantitative estimate of drug-likeness (QED) is 0.792. The molecule has 2 aromatic rings. The first-order valence-electron chi connectivity index (χ1n) is 6.16. The third kappa shape index (κ3) is 4.62. The second kappa shape index (κ2) is 7.29. The van der Waals surface area contributed by atoms with Crippen LogP contribution in [0.5, 0.6) is 5.75 Å². The van der Waals surface area contributed by atoms with E-state index in [0.29, 0.717) is 10.7 Å². The normalized spacial score (nSPS) is 10.6. The summed E-state index contributed by atoms with van der Waals surface area (Å²) in [5, 5.41) is 3.22. The van der Waals surface area contributed by atoms with Crippen LogP contribution < -0.4 is 10.1 Å². The van der Waals surface area contributed by atoms with Gasteiger partial charge in [-0.3, -0.25) is 4.79 Å². The molecule has 1 N–H and O–H groups in total. The number of halogens is 2. The maximum absolute atomic E-state index is 11.9. The van der Waals surface area contributed by atoms with Gasteiger partial charge in [-0.15, -0.1) is 0 Å². The number of carbonyl (C=O) groups is 1. The van der Waals surface area contributed by atoms with Gasteiger partial charge in [0.25, 0.3) is 0 Å². The van der Waals surface area contributed by atoms with Gasteiger partial charge in [0.05, 0.1) is 17.8 Å². The molecule has 5 heteroatoms. The molecule has 0 aliphatic rings. The lowest BCUT2D eigenvalue weighted by molar-refractivity contribution is -0.111. The van der Waals surface area contributed by atoms with Gasteiger partial charge in [-0.05, 0) is 42.0 Å². The van der Waals surface area contributed by atoms with Gasteiger partial charge in [0.15, 0.2) is 0 Å². The summed E-state index contributed by atoms with van der Waals surface area (Å²) >= 11 is 9.35. The van der Waals surface area contributed by atoms with E-state index in [0.717, 1.165) is 15.8 Å². The van der Waals surface area contributed by atoms with Crippen LogP contribution >= 0.6 is 27.5 Å². The SMILES string of the molecule is COc1ccc(C=CC(=O)Nc2cc(Br)ccc2Cl)cc1. The molecule has 0 aliphatic carbocycles. The Labute approximate surface area is 136 Å². The molecule has 0 spiro atoms. The van der Waals surface area contributed by atoms with Crippen LogP contribution in [-0.4, -0.2) is 13.0 Å². The molecule has 0 saturated heterocycles. The lowest BCUT2D eigenvalue weighted by Crippen LogP contribution is -2.08. The summed E-state index contributed by atoms with van der Waals surface area (Å²) in [5.74, 6) is 0.531. The second-order valence-corrected chi connectivity index (χ2v) is 5.54. The number of rotatable bonds is 4. The van der Waals surface area contributed by atoms with Crippen molar-refractivity contribution in [3.8, 4) is 5.75 Å². The number of carbonyl (C=O) groups excluding carboxylic acids is 1. The van der Waals surface area contributed by atoms with Gasteiger partial charge in [-0.25, -0.2) is 0 Å². The molecule has 21 heavy (non-hydrogen) atoms. The second-order valence-electron chi connectivity index (χ2n) is 4.22. The van der Waals surface area contributed by atoms with Crippen LogP contribution in [0.15, 0.2) is 53.0 Å². The number of methoxy groups -OCH3 is 1. The van der Waals surface area contributed by atoms with Crippen molar-refractivity contribution in [2.45, 2.75) is 0 Å². The van der Waals surface area contributed by atoms with Crippen molar-refractivity contribution in [3.63, 3.8) is 0 Å². The molecule has 0 radical (unpaired) electrons. The lowest BCUT2D eigenvalue weighted by atomic mass is 10.2. The summed E-state index contributed by atoms with van der Waals surface area (Å²) in [5.41, 5.74) is 1.47. The third-order valence-electron chi connectivity index (χ3n) is 2.73. The zero-order chi connectivity index (χ0) is 15.2. The topological polar surface area (TPSA) is 38.3 Å². The predicted molar refractivity (Wildman–Crippen MR) is 89.8 cm³/mol. The van der Waals surface area contributed by atoms with Gasteiger partial charge in [0.2, 0.25) is 5.91 Å². The monoisotopic (exact) mass is 365 g/mol. The van der Waals surface area contributed by atoms with Crippen molar-refractivity contribution in [3.05, 3.63) is 63.6 Å². The number of nitrogens with one attached hydrogen (secondary N) is 1. The average Bonchev–Trinajstić information content (AvgIpc) is 2.49. The van der Waals surface area contributed by atoms with Crippen LogP contribution in [0.25, 0.3) is 6.08 Å². The first-order chi connectivity index (χ1) is 10.1. The van der Waals surface area contributed by atoms with E-state index >= 15 is 0 Å². The predicted octanol–water partition coefficient (Wildman–Crippen LogP) is 4.76. The molecule has 0 unspecified atom stereocenters. The fourth-order valence-corrected chi connectivity index (χ4v) is 2.18. The van der Waals surface area contributed by atoms with E-state index in [1.54, 1.807) is 25.3 Å². The van der Waals surface area contributed by atoms with Crippen molar-refractivity contribution in [2.24, 2.45) is 0 Å². The van der Waals surface area contributed by atoms with Gasteiger partial charge in [-0.1, -0.05) is 39.7 Å². The summed E-state index contributed by atoms with van der Waals surface area (Å²) in [6.07, 6.45) is 3.18. The maximum Gasteiger partial charge on any atom is 0.248 e. The number of amides is 1. The largest absolute Gasteiger partial charge is 0.497 e. The Morgan fingerprint density at radius 2 is 1.95 bits per heavy atom. The van der Waals surface area contributed by atoms with Gasteiger partial charge in [0.1, 0.15) is 5.75 Å². The summed E-state index contributed by atoms with van der Waals surface area (Å²) in [4.78, 5) is 11.9. The molecule has 3 nitrogen and oxygen atoms in total. The first-order valence-corrected chi connectivity index (χ1v) is 7.34. The molecule has 0 bridgehead atoms. The van der Waals surface area contributed by atoms with E-state index in [2.05, 4.69) is 21.2 Å². The Kier molecular flexibility index (Phi) is 5.42. The highest BCUT2D eigenvalue weighted by Gasteiger charge is 2.03. The minimum Gasteiger partial charge on any atom is -0.497 e. The Hall–Kier alpha value is -1.78. The fraction of sp³-hybridized carbons (Fsp3) is 0.0625. The van der Waals surface area contributed by atoms with E-state index < -0.39 is 0 Å². The molecular weight excluding hydrogens is 354 g/mol. The molecule has 108 valence electrons. The lowest BCUT2D eigenvalue weighted by Gasteiger charge is -2.05. The van der Waals surface area contributed by atoms with Crippen molar-refractivity contribution in [2.75, 3.05) is 12.4 Å². The van der Waals surface area contributed by atoms with Gasteiger partial charge in [-0.2, -0.15) is 0 Å². The van der Waals surface area contributed by atoms with Crippen LogP contribution in [-0.2, 0) is 4.79 Å². The zero-order valence-corrected chi connectivity index (χ0v) is 13.6. The molecule has 0 aliphatic heterocycles. The Balaban J connectivity index is 2.03. The number of anilines is 1. The zero-order valence-electron chi connectivity index (χ0n) is 11.3.